The van der Waals surface area contributed by atoms with E-state index in [0.29, 0.717) is 28.1 Å². The molecule has 2 heterocycles. The molecule has 0 aliphatic heterocycles. The predicted molar refractivity (Wildman–Crippen MR) is 90.1 cm³/mol. The van der Waals surface area contributed by atoms with Gasteiger partial charge in [0.15, 0.2) is 0 Å². The summed E-state index contributed by atoms with van der Waals surface area (Å²) in [5.41, 5.74) is 2.07. The largest absolute Gasteiger partial charge is 0.491 e. The van der Waals surface area contributed by atoms with Crippen LogP contribution in [0.15, 0.2) is 42.6 Å². The number of carbonyl (C=O) groups excluding carboxylic acids is 1. The predicted octanol–water partition coefficient (Wildman–Crippen LogP) is 2.08. The van der Waals surface area contributed by atoms with Crippen LogP contribution in [0.25, 0.3) is 5.52 Å². The fourth-order valence-corrected chi connectivity index (χ4v) is 2.53. The van der Waals surface area contributed by atoms with Crippen LogP contribution < -0.4 is 10.1 Å². The number of hydrogen-bond acceptors (Lipinski definition) is 4. The van der Waals surface area contributed by atoms with E-state index >= 15 is 0 Å². The van der Waals surface area contributed by atoms with Crippen molar-refractivity contribution < 1.29 is 19.0 Å². The fourth-order valence-electron chi connectivity index (χ4n) is 2.53. The lowest BCUT2D eigenvalue weighted by molar-refractivity contribution is 0.0948. The first-order valence-electron chi connectivity index (χ1n) is 7.84. The van der Waals surface area contributed by atoms with Crippen LogP contribution in [-0.4, -0.2) is 33.8 Å². The molecule has 0 aliphatic rings. The quantitative estimate of drug-likeness (QED) is 0.672. The maximum atomic E-state index is 13.4. The lowest BCUT2D eigenvalue weighted by Crippen LogP contribution is -2.28. The Morgan fingerprint density at radius 1 is 1.32 bits per heavy atom. The van der Waals surface area contributed by atoms with Crippen molar-refractivity contribution in [3.63, 3.8) is 0 Å². The van der Waals surface area contributed by atoms with E-state index in [1.54, 1.807) is 37.3 Å². The molecule has 0 fully saturated rings. The van der Waals surface area contributed by atoms with Crippen molar-refractivity contribution in [1.29, 1.82) is 0 Å². The van der Waals surface area contributed by atoms with Gasteiger partial charge in [0.05, 0.1) is 36.1 Å². The molecule has 2 N–H and O–H groups in total. The van der Waals surface area contributed by atoms with Crippen LogP contribution in [0.5, 0.6) is 5.75 Å². The molecule has 0 bridgehead atoms. The maximum absolute atomic E-state index is 13.4. The minimum atomic E-state index is -0.326. The molecule has 3 rings (SSSR count). The number of ether oxygens (including phenoxy) is 1. The molecule has 0 radical (unpaired) electrons. The number of nitrogens with one attached hydrogen (secondary N) is 1. The number of carbonyl (C=O) groups is 1. The number of hydrogen-bond donors (Lipinski definition) is 2. The maximum Gasteiger partial charge on any atom is 0.255 e. The SMILES string of the molecule is Cc1c(F)cccc1OCCNC(=O)c1cnn2c(CO)cccc12. The van der Waals surface area contributed by atoms with E-state index in [1.807, 2.05) is 0 Å². The van der Waals surface area contributed by atoms with Gasteiger partial charge in [-0.15, -0.1) is 0 Å². The highest BCUT2D eigenvalue weighted by molar-refractivity contribution is 6.00. The van der Waals surface area contributed by atoms with E-state index in [2.05, 4.69) is 10.4 Å². The highest BCUT2D eigenvalue weighted by Crippen LogP contribution is 2.19. The smallest absolute Gasteiger partial charge is 0.255 e. The lowest BCUT2D eigenvalue weighted by Gasteiger charge is -2.10. The van der Waals surface area contributed by atoms with Gasteiger partial charge >= 0.3 is 0 Å². The van der Waals surface area contributed by atoms with Crippen molar-refractivity contribution in [2.45, 2.75) is 13.5 Å². The second kappa shape index (κ2) is 7.31. The summed E-state index contributed by atoms with van der Waals surface area (Å²) in [5, 5.41) is 16.2. The Kier molecular flexibility index (Phi) is 4.95. The number of fused-ring (bicyclic) bond motifs is 1. The Labute approximate surface area is 143 Å². The molecule has 0 aliphatic carbocycles. The Hall–Kier alpha value is -2.93. The van der Waals surface area contributed by atoms with E-state index in [-0.39, 0.29) is 31.5 Å². The zero-order valence-corrected chi connectivity index (χ0v) is 13.7. The Morgan fingerprint density at radius 3 is 2.92 bits per heavy atom. The van der Waals surface area contributed by atoms with Crippen molar-refractivity contribution in [3.8, 4) is 5.75 Å². The van der Waals surface area contributed by atoms with Gasteiger partial charge in [-0.25, -0.2) is 8.91 Å². The van der Waals surface area contributed by atoms with E-state index in [1.165, 1.54) is 16.8 Å². The van der Waals surface area contributed by atoms with Crippen molar-refractivity contribution in [2.24, 2.45) is 0 Å². The van der Waals surface area contributed by atoms with Gasteiger partial charge in [-0.1, -0.05) is 12.1 Å². The Bertz CT molecular complexity index is 908. The van der Waals surface area contributed by atoms with Crippen molar-refractivity contribution in [2.75, 3.05) is 13.2 Å². The monoisotopic (exact) mass is 343 g/mol. The molecule has 0 spiro atoms. The highest BCUT2D eigenvalue weighted by atomic mass is 19.1. The molecule has 0 unspecified atom stereocenters. The third-order valence-corrected chi connectivity index (χ3v) is 3.89. The van der Waals surface area contributed by atoms with E-state index in [4.69, 9.17) is 4.74 Å². The molecule has 3 aromatic rings. The second-order valence-corrected chi connectivity index (χ2v) is 5.50. The molecule has 0 saturated heterocycles. The summed E-state index contributed by atoms with van der Waals surface area (Å²) >= 11 is 0. The molecule has 25 heavy (non-hydrogen) atoms. The number of aliphatic hydroxyl groups is 1. The molecule has 130 valence electrons. The minimum Gasteiger partial charge on any atom is -0.491 e. The summed E-state index contributed by atoms with van der Waals surface area (Å²) in [6.07, 6.45) is 1.46. The van der Waals surface area contributed by atoms with Crippen molar-refractivity contribution in [3.05, 3.63) is 65.2 Å². The summed E-state index contributed by atoms with van der Waals surface area (Å²) in [4.78, 5) is 12.3. The first-order valence-corrected chi connectivity index (χ1v) is 7.84. The summed E-state index contributed by atoms with van der Waals surface area (Å²) in [5.74, 6) is -0.157. The van der Waals surface area contributed by atoms with Crippen molar-refractivity contribution >= 4 is 11.4 Å². The number of aromatic nitrogens is 2. The molecule has 1 amide bonds. The Balaban J connectivity index is 1.61. The molecular weight excluding hydrogens is 325 g/mol. The number of rotatable bonds is 6. The third-order valence-electron chi connectivity index (χ3n) is 3.89. The van der Waals surface area contributed by atoms with Gasteiger partial charge in [0.25, 0.3) is 5.91 Å². The van der Waals surface area contributed by atoms with Gasteiger partial charge in [0, 0.05) is 5.56 Å². The first kappa shape index (κ1) is 16.9. The molecular formula is C18H18FN3O3. The van der Waals surface area contributed by atoms with E-state index in [0.717, 1.165) is 0 Å². The zero-order valence-electron chi connectivity index (χ0n) is 13.7. The van der Waals surface area contributed by atoms with E-state index in [9.17, 15) is 14.3 Å². The minimum absolute atomic E-state index is 0.166. The zero-order chi connectivity index (χ0) is 17.8. The van der Waals surface area contributed by atoms with Crippen LogP contribution in [0.4, 0.5) is 4.39 Å². The third kappa shape index (κ3) is 3.46. The van der Waals surface area contributed by atoms with Crippen LogP contribution in [0, 0.1) is 12.7 Å². The average Bonchev–Trinajstić information content (AvgIpc) is 3.06. The first-order chi connectivity index (χ1) is 12.1. The number of benzene rings is 1. The van der Waals surface area contributed by atoms with Gasteiger partial charge < -0.3 is 15.2 Å². The standard InChI is InChI=1S/C18H18FN3O3/c1-12-15(19)5-3-7-17(12)25-9-8-20-18(24)14-10-21-22-13(11-23)4-2-6-16(14)22/h2-7,10,23H,8-9,11H2,1H3,(H,20,24). The van der Waals surface area contributed by atoms with Crippen LogP contribution in [0.3, 0.4) is 0 Å². The molecule has 6 nitrogen and oxygen atoms in total. The number of amides is 1. The summed E-state index contributed by atoms with van der Waals surface area (Å²) in [6, 6.07) is 9.88. The van der Waals surface area contributed by atoms with Crippen molar-refractivity contribution in [1.82, 2.24) is 14.9 Å². The van der Waals surface area contributed by atoms with Gasteiger partial charge in [0.2, 0.25) is 0 Å². The Morgan fingerprint density at radius 2 is 2.12 bits per heavy atom. The molecule has 0 atom stereocenters. The molecule has 2 aromatic heterocycles. The normalized spacial score (nSPS) is 10.8. The van der Waals surface area contributed by atoms with Gasteiger partial charge in [-0.3, -0.25) is 4.79 Å². The van der Waals surface area contributed by atoms with Crippen LogP contribution in [0.2, 0.25) is 0 Å². The lowest BCUT2D eigenvalue weighted by atomic mass is 10.2. The number of aliphatic hydroxyl groups excluding tert-OH is 1. The summed E-state index contributed by atoms with van der Waals surface area (Å²) in [6.45, 7) is 1.96. The van der Waals surface area contributed by atoms with E-state index < -0.39 is 0 Å². The average molecular weight is 343 g/mol. The summed E-state index contributed by atoms with van der Waals surface area (Å²) in [7, 11) is 0. The number of halogens is 1. The van der Waals surface area contributed by atoms with Crippen LogP contribution >= 0.6 is 0 Å². The van der Waals surface area contributed by atoms with Gasteiger partial charge in [-0.05, 0) is 31.2 Å². The number of pyridine rings is 1. The fraction of sp³-hybridized carbons (Fsp3) is 0.222. The molecule has 1 aromatic carbocycles. The number of nitrogens with zero attached hydrogens (tertiary/aromatic N) is 2. The van der Waals surface area contributed by atoms with Gasteiger partial charge in [0.1, 0.15) is 18.2 Å². The second-order valence-electron chi connectivity index (χ2n) is 5.50. The van der Waals surface area contributed by atoms with Crippen LogP contribution in [-0.2, 0) is 6.61 Å². The van der Waals surface area contributed by atoms with Gasteiger partial charge in [-0.2, -0.15) is 5.10 Å². The van der Waals surface area contributed by atoms with Crippen LogP contribution in [0.1, 0.15) is 21.6 Å². The highest BCUT2D eigenvalue weighted by Gasteiger charge is 2.13. The topological polar surface area (TPSA) is 75.9 Å². The molecule has 0 saturated carbocycles. The molecule has 7 heteroatoms. The summed E-state index contributed by atoms with van der Waals surface area (Å²) < 4.78 is 20.5.